The molecule has 0 amide bonds. The van der Waals surface area contributed by atoms with E-state index in [1.54, 1.807) is 42.7 Å². The largest absolute Gasteiger partial charge is 0.298 e. The van der Waals surface area contributed by atoms with E-state index in [1.807, 2.05) is 6.07 Å². The number of carbonyl (C=O) groups is 2. The Labute approximate surface area is 99.1 Å². The highest BCUT2D eigenvalue weighted by Gasteiger charge is 2.06. The molecule has 17 heavy (non-hydrogen) atoms. The van der Waals surface area contributed by atoms with Crippen LogP contribution in [0.1, 0.15) is 26.3 Å². The van der Waals surface area contributed by atoms with Gasteiger partial charge in [0.05, 0.1) is 0 Å². The van der Waals surface area contributed by atoms with Gasteiger partial charge in [-0.2, -0.15) is 0 Å². The molecule has 0 bridgehead atoms. The molecule has 84 valence electrons. The number of benzene rings is 1. The SMILES string of the molecule is O=Cc1cccc(CC(=O)c2cccnc2)c1. The van der Waals surface area contributed by atoms with E-state index < -0.39 is 0 Å². The van der Waals surface area contributed by atoms with Crippen LogP contribution in [-0.4, -0.2) is 17.1 Å². The first-order valence-electron chi connectivity index (χ1n) is 5.27. The molecule has 0 atom stereocenters. The third-order valence-electron chi connectivity index (χ3n) is 2.44. The van der Waals surface area contributed by atoms with Gasteiger partial charge in [-0.25, -0.2) is 0 Å². The van der Waals surface area contributed by atoms with Crippen LogP contribution < -0.4 is 0 Å². The zero-order valence-corrected chi connectivity index (χ0v) is 9.17. The Hall–Kier alpha value is -2.29. The first-order valence-corrected chi connectivity index (χ1v) is 5.27. The lowest BCUT2D eigenvalue weighted by atomic mass is 10.0. The van der Waals surface area contributed by atoms with Crippen LogP contribution in [0.25, 0.3) is 0 Å². The normalized spacial score (nSPS) is 9.88. The van der Waals surface area contributed by atoms with Gasteiger partial charge in [-0.15, -0.1) is 0 Å². The van der Waals surface area contributed by atoms with Crippen molar-refractivity contribution in [3.63, 3.8) is 0 Å². The van der Waals surface area contributed by atoms with Gasteiger partial charge in [0.2, 0.25) is 0 Å². The summed E-state index contributed by atoms with van der Waals surface area (Å²) in [5, 5.41) is 0. The molecule has 3 nitrogen and oxygen atoms in total. The first-order chi connectivity index (χ1) is 8.29. The van der Waals surface area contributed by atoms with Crippen molar-refractivity contribution < 1.29 is 9.59 Å². The minimum Gasteiger partial charge on any atom is -0.298 e. The van der Waals surface area contributed by atoms with Crippen molar-refractivity contribution in [1.29, 1.82) is 0 Å². The van der Waals surface area contributed by atoms with Crippen molar-refractivity contribution in [2.45, 2.75) is 6.42 Å². The highest BCUT2D eigenvalue weighted by atomic mass is 16.1. The molecule has 2 aromatic rings. The Kier molecular flexibility index (Phi) is 3.40. The molecule has 0 aliphatic heterocycles. The maximum atomic E-state index is 11.9. The van der Waals surface area contributed by atoms with E-state index in [2.05, 4.69) is 4.98 Å². The van der Waals surface area contributed by atoms with Crippen molar-refractivity contribution in [2.75, 3.05) is 0 Å². The van der Waals surface area contributed by atoms with Crippen molar-refractivity contribution >= 4 is 12.1 Å². The molecular formula is C14H11NO2. The van der Waals surface area contributed by atoms with Crippen LogP contribution in [0, 0.1) is 0 Å². The van der Waals surface area contributed by atoms with Crippen LogP contribution in [0.2, 0.25) is 0 Å². The maximum absolute atomic E-state index is 11.9. The van der Waals surface area contributed by atoms with E-state index in [4.69, 9.17) is 0 Å². The van der Waals surface area contributed by atoms with Gasteiger partial charge in [0.25, 0.3) is 0 Å². The van der Waals surface area contributed by atoms with Gasteiger partial charge in [-0.05, 0) is 23.8 Å². The fourth-order valence-electron chi connectivity index (χ4n) is 1.59. The highest BCUT2D eigenvalue weighted by molar-refractivity contribution is 5.97. The zero-order chi connectivity index (χ0) is 12.1. The topological polar surface area (TPSA) is 47.0 Å². The molecule has 3 heteroatoms. The van der Waals surface area contributed by atoms with Gasteiger partial charge >= 0.3 is 0 Å². The van der Waals surface area contributed by atoms with Crippen molar-refractivity contribution in [3.05, 3.63) is 65.5 Å². The Morgan fingerprint density at radius 3 is 2.82 bits per heavy atom. The number of carbonyl (C=O) groups excluding carboxylic acids is 2. The van der Waals surface area contributed by atoms with Gasteiger partial charge < -0.3 is 0 Å². The molecule has 0 saturated carbocycles. The molecule has 1 aromatic heterocycles. The van der Waals surface area contributed by atoms with Gasteiger partial charge in [-0.1, -0.05) is 18.2 Å². The standard InChI is InChI=1S/C14H11NO2/c16-10-12-4-1-3-11(7-12)8-14(17)13-5-2-6-15-9-13/h1-7,9-10H,8H2. The summed E-state index contributed by atoms with van der Waals surface area (Å²) in [4.78, 5) is 26.4. The average molecular weight is 225 g/mol. The smallest absolute Gasteiger partial charge is 0.168 e. The van der Waals surface area contributed by atoms with E-state index >= 15 is 0 Å². The first kappa shape index (κ1) is 11.2. The van der Waals surface area contributed by atoms with Crippen LogP contribution in [0.5, 0.6) is 0 Å². The third kappa shape index (κ3) is 2.84. The number of ketones is 1. The second-order valence-corrected chi connectivity index (χ2v) is 3.70. The van der Waals surface area contributed by atoms with Crippen molar-refractivity contribution in [3.8, 4) is 0 Å². The molecule has 1 heterocycles. The summed E-state index contributed by atoms with van der Waals surface area (Å²) in [6, 6.07) is 10.5. The lowest BCUT2D eigenvalue weighted by molar-refractivity contribution is 0.0991. The molecular weight excluding hydrogens is 214 g/mol. The van der Waals surface area contributed by atoms with Crippen LogP contribution in [-0.2, 0) is 6.42 Å². The molecule has 0 aliphatic rings. The zero-order valence-electron chi connectivity index (χ0n) is 9.17. The van der Waals surface area contributed by atoms with Gasteiger partial charge in [-0.3, -0.25) is 14.6 Å². The molecule has 0 unspecified atom stereocenters. The summed E-state index contributed by atoms with van der Waals surface area (Å²) < 4.78 is 0. The number of aromatic nitrogens is 1. The summed E-state index contributed by atoms with van der Waals surface area (Å²) in [6.07, 6.45) is 4.24. The minimum atomic E-state index is 0.00106. The Morgan fingerprint density at radius 2 is 2.12 bits per heavy atom. The highest BCUT2D eigenvalue weighted by Crippen LogP contribution is 2.08. The van der Waals surface area contributed by atoms with Crippen molar-refractivity contribution in [2.24, 2.45) is 0 Å². The van der Waals surface area contributed by atoms with E-state index in [-0.39, 0.29) is 12.2 Å². The molecule has 1 aromatic carbocycles. The predicted octanol–water partition coefficient (Wildman–Crippen LogP) is 2.32. The number of aldehydes is 1. The summed E-state index contributed by atoms with van der Waals surface area (Å²) >= 11 is 0. The van der Waals surface area contributed by atoms with E-state index in [1.165, 1.54) is 0 Å². The predicted molar refractivity (Wildman–Crippen MR) is 64.1 cm³/mol. The number of rotatable bonds is 4. The second kappa shape index (κ2) is 5.16. The van der Waals surface area contributed by atoms with Crippen molar-refractivity contribution in [1.82, 2.24) is 4.98 Å². The molecule has 0 saturated heterocycles. The lowest BCUT2D eigenvalue weighted by Crippen LogP contribution is -2.04. The Bertz CT molecular complexity index is 535. The quantitative estimate of drug-likeness (QED) is 0.592. The summed E-state index contributed by atoms with van der Waals surface area (Å²) in [6.45, 7) is 0. The maximum Gasteiger partial charge on any atom is 0.168 e. The fourth-order valence-corrected chi connectivity index (χ4v) is 1.59. The number of nitrogens with zero attached hydrogens (tertiary/aromatic N) is 1. The number of hydrogen-bond donors (Lipinski definition) is 0. The van der Waals surface area contributed by atoms with Gasteiger partial charge in [0.1, 0.15) is 6.29 Å². The average Bonchev–Trinajstić information content (AvgIpc) is 2.40. The van der Waals surface area contributed by atoms with Crippen LogP contribution in [0.4, 0.5) is 0 Å². The molecule has 0 spiro atoms. The summed E-state index contributed by atoms with van der Waals surface area (Å²) in [5.41, 5.74) is 2.01. The number of hydrogen-bond acceptors (Lipinski definition) is 3. The van der Waals surface area contributed by atoms with E-state index in [0.29, 0.717) is 11.1 Å². The van der Waals surface area contributed by atoms with Crippen LogP contribution in [0.15, 0.2) is 48.8 Å². The minimum absolute atomic E-state index is 0.00106. The van der Waals surface area contributed by atoms with E-state index in [9.17, 15) is 9.59 Å². The van der Waals surface area contributed by atoms with Gasteiger partial charge in [0, 0.05) is 29.9 Å². The van der Waals surface area contributed by atoms with Crippen LogP contribution >= 0.6 is 0 Å². The Morgan fingerprint density at radius 1 is 1.24 bits per heavy atom. The number of Topliss-reactive ketones (excluding diaryl/α,β-unsaturated/α-hetero) is 1. The second-order valence-electron chi connectivity index (χ2n) is 3.70. The van der Waals surface area contributed by atoms with Crippen LogP contribution in [0.3, 0.4) is 0 Å². The number of pyridine rings is 1. The van der Waals surface area contributed by atoms with E-state index in [0.717, 1.165) is 11.8 Å². The molecule has 0 radical (unpaired) electrons. The molecule has 2 rings (SSSR count). The Balaban J connectivity index is 2.16. The lowest BCUT2D eigenvalue weighted by Gasteiger charge is -2.01. The molecule has 0 N–H and O–H groups in total. The summed E-state index contributed by atoms with van der Waals surface area (Å²) in [7, 11) is 0. The molecule has 0 aliphatic carbocycles. The molecule has 0 fully saturated rings. The fraction of sp³-hybridized carbons (Fsp3) is 0.0714. The summed E-state index contributed by atoms with van der Waals surface area (Å²) in [5.74, 6) is 0.00106. The van der Waals surface area contributed by atoms with Gasteiger partial charge in [0.15, 0.2) is 5.78 Å². The monoisotopic (exact) mass is 225 g/mol. The third-order valence-corrected chi connectivity index (χ3v) is 2.44.